The molecule has 2 aliphatic rings. The SMILES string of the molecule is C=CCOCC(CN1CCN(CCCC(C#N)(C2=CC=CCC=C2)C(C)C)CC1)Oc1ccc(F)cc1. The molecule has 3 rings (SSSR count). The van der Waals surface area contributed by atoms with Crippen molar-refractivity contribution in [2.24, 2.45) is 11.3 Å². The number of benzene rings is 1. The van der Waals surface area contributed by atoms with Gasteiger partial charge in [-0.05, 0) is 61.6 Å². The Morgan fingerprint density at radius 3 is 2.54 bits per heavy atom. The lowest BCUT2D eigenvalue weighted by molar-refractivity contribution is 0.0273. The first-order valence-electron chi connectivity index (χ1n) is 13.5. The van der Waals surface area contributed by atoms with Crippen LogP contribution in [-0.2, 0) is 4.74 Å². The van der Waals surface area contributed by atoms with Crippen molar-refractivity contribution < 1.29 is 13.9 Å². The normalized spacial score (nSPS) is 19.1. The van der Waals surface area contributed by atoms with Gasteiger partial charge in [-0.25, -0.2) is 4.39 Å². The van der Waals surface area contributed by atoms with Crippen molar-refractivity contribution in [3.8, 4) is 11.8 Å². The van der Waals surface area contributed by atoms with Gasteiger partial charge in [0.05, 0.1) is 24.7 Å². The van der Waals surface area contributed by atoms with Crippen LogP contribution >= 0.6 is 0 Å². The lowest BCUT2D eigenvalue weighted by Crippen LogP contribution is -2.50. The molecule has 0 aromatic heterocycles. The molecule has 1 fully saturated rings. The standard InChI is InChI=1S/C31H42FN3O2/c1-4-22-36-24-30(37-29-14-12-28(32)13-15-29)23-35-20-18-34(19-21-35)17-9-16-31(25-33,26(2)3)27-10-7-5-6-8-11-27/h4-5,7-8,10-15,26,30H,1,6,9,16-24H2,2-3H3. The molecule has 1 saturated heterocycles. The lowest BCUT2D eigenvalue weighted by Gasteiger charge is -2.37. The van der Waals surface area contributed by atoms with Gasteiger partial charge in [0.2, 0.25) is 0 Å². The first-order chi connectivity index (χ1) is 18.0. The number of piperazine rings is 1. The highest BCUT2D eigenvalue weighted by molar-refractivity contribution is 5.38. The van der Waals surface area contributed by atoms with Crippen LogP contribution in [0, 0.1) is 28.5 Å². The molecule has 1 aliphatic carbocycles. The largest absolute Gasteiger partial charge is 0.487 e. The highest BCUT2D eigenvalue weighted by Gasteiger charge is 2.36. The fraction of sp³-hybridized carbons (Fsp3) is 0.516. The van der Waals surface area contributed by atoms with Gasteiger partial charge in [-0.2, -0.15) is 5.26 Å². The van der Waals surface area contributed by atoms with E-state index in [0.717, 1.165) is 64.1 Å². The van der Waals surface area contributed by atoms with E-state index >= 15 is 0 Å². The van der Waals surface area contributed by atoms with Gasteiger partial charge in [0.15, 0.2) is 0 Å². The molecular weight excluding hydrogens is 465 g/mol. The molecule has 6 heteroatoms. The van der Waals surface area contributed by atoms with Crippen LogP contribution < -0.4 is 4.74 Å². The lowest BCUT2D eigenvalue weighted by atomic mass is 9.69. The molecule has 1 aliphatic heterocycles. The van der Waals surface area contributed by atoms with E-state index in [2.05, 4.69) is 66.7 Å². The molecule has 1 aromatic carbocycles. The third kappa shape index (κ3) is 8.67. The number of rotatable bonds is 14. The van der Waals surface area contributed by atoms with Crippen LogP contribution in [0.3, 0.4) is 0 Å². The highest BCUT2D eigenvalue weighted by atomic mass is 19.1. The second-order valence-corrected chi connectivity index (χ2v) is 10.2. The summed E-state index contributed by atoms with van der Waals surface area (Å²) in [4.78, 5) is 4.91. The summed E-state index contributed by atoms with van der Waals surface area (Å²) < 4.78 is 25.1. The zero-order valence-electron chi connectivity index (χ0n) is 22.4. The number of hydrogen-bond acceptors (Lipinski definition) is 5. The van der Waals surface area contributed by atoms with Gasteiger partial charge >= 0.3 is 0 Å². The number of nitriles is 1. The Hall–Kier alpha value is -2.72. The predicted molar refractivity (Wildman–Crippen MR) is 148 cm³/mol. The molecule has 5 nitrogen and oxygen atoms in total. The average Bonchev–Trinajstić information content (AvgIpc) is 3.19. The van der Waals surface area contributed by atoms with Crippen LogP contribution in [0.2, 0.25) is 0 Å². The van der Waals surface area contributed by atoms with Crippen molar-refractivity contribution in [2.45, 2.75) is 39.2 Å². The third-order valence-electron chi connectivity index (χ3n) is 7.31. The maximum Gasteiger partial charge on any atom is 0.135 e. The Kier molecular flexibility index (Phi) is 11.6. The van der Waals surface area contributed by atoms with Crippen LogP contribution in [0.1, 0.15) is 33.1 Å². The van der Waals surface area contributed by atoms with Gasteiger partial charge in [-0.3, -0.25) is 4.90 Å². The zero-order chi connectivity index (χ0) is 26.5. The molecule has 1 aromatic rings. The number of halogens is 1. The van der Waals surface area contributed by atoms with Crippen LogP contribution in [0.25, 0.3) is 0 Å². The van der Waals surface area contributed by atoms with Gasteiger partial charge in [-0.15, -0.1) is 6.58 Å². The van der Waals surface area contributed by atoms with E-state index in [-0.39, 0.29) is 17.8 Å². The average molecular weight is 508 g/mol. The number of allylic oxidation sites excluding steroid dienone is 6. The third-order valence-corrected chi connectivity index (χ3v) is 7.31. The molecular formula is C31H42FN3O2. The van der Waals surface area contributed by atoms with E-state index < -0.39 is 5.41 Å². The van der Waals surface area contributed by atoms with Gasteiger partial charge in [0, 0.05) is 32.7 Å². The molecule has 0 saturated carbocycles. The van der Waals surface area contributed by atoms with E-state index in [0.29, 0.717) is 19.0 Å². The van der Waals surface area contributed by atoms with Crippen LogP contribution in [0.4, 0.5) is 4.39 Å². The molecule has 0 amide bonds. The number of hydrogen-bond donors (Lipinski definition) is 0. The van der Waals surface area contributed by atoms with Crippen LogP contribution in [-0.4, -0.2) is 68.4 Å². The molecule has 0 N–H and O–H groups in total. The number of nitrogens with zero attached hydrogens (tertiary/aromatic N) is 3. The summed E-state index contributed by atoms with van der Waals surface area (Å²) in [6, 6.07) is 8.83. The Bertz CT molecular complexity index is 971. The Morgan fingerprint density at radius 2 is 1.86 bits per heavy atom. The fourth-order valence-electron chi connectivity index (χ4n) is 5.07. The van der Waals surface area contributed by atoms with E-state index in [1.54, 1.807) is 18.2 Å². The summed E-state index contributed by atoms with van der Waals surface area (Å²) in [7, 11) is 0. The minimum atomic E-state index is -0.455. The summed E-state index contributed by atoms with van der Waals surface area (Å²) in [5.41, 5.74) is 0.679. The van der Waals surface area contributed by atoms with E-state index in [1.165, 1.54) is 12.1 Å². The summed E-state index contributed by atoms with van der Waals surface area (Å²) in [6.45, 7) is 14.6. The zero-order valence-corrected chi connectivity index (χ0v) is 22.4. The van der Waals surface area contributed by atoms with Crippen molar-refractivity contribution in [2.75, 3.05) is 52.5 Å². The van der Waals surface area contributed by atoms with Crippen LogP contribution in [0.15, 0.2) is 72.9 Å². The van der Waals surface area contributed by atoms with Gasteiger partial charge in [-0.1, -0.05) is 50.3 Å². The van der Waals surface area contributed by atoms with Crippen molar-refractivity contribution in [3.63, 3.8) is 0 Å². The van der Waals surface area contributed by atoms with Gasteiger partial charge < -0.3 is 14.4 Å². The van der Waals surface area contributed by atoms with E-state index in [4.69, 9.17) is 9.47 Å². The Balaban J connectivity index is 1.49. The molecule has 0 spiro atoms. The molecule has 1 heterocycles. The molecule has 200 valence electrons. The predicted octanol–water partition coefficient (Wildman–Crippen LogP) is 5.78. The summed E-state index contributed by atoms with van der Waals surface area (Å²) in [6.07, 6.45) is 15.0. The second-order valence-electron chi connectivity index (χ2n) is 10.2. The first-order valence-corrected chi connectivity index (χ1v) is 13.5. The minimum absolute atomic E-state index is 0.144. The maximum atomic E-state index is 13.3. The van der Waals surface area contributed by atoms with Gasteiger partial charge in [0.25, 0.3) is 0 Å². The van der Waals surface area contributed by atoms with E-state index in [9.17, 15) is 9.65 Å². The summed E-state index contributed by atoms with van der Waals surface area (Å²) >= 11 is 0. The highest BCUT2D eigenvalue weighted by Crippen LogP contribution is 2.41. The molecule has 2 atom stereocenters. The van der Waals surface area contributed by atoms with Crippen molar-refractivity contribution in [3.05, 3.63) is 78.7 Å². The fourth-order valence-corrected chi connectivity index (χ4v) is 5.07. The Morgan fingerprint density at radius 1 is 1.14 bits per heavy atom. The maximum absolute atomic E-state index is 13.3. The minimum Gasteiger partial charge on any atom is -0.487 e. The first kappa shape index (κ1) is 28.8. The topological polar surface area (TPSA) is 48.7 Å². The summed E-state index contributed by atoms with van der Waals surface area (Å²) in [5.74, 6) is 0.619. The van der Waals surface area contributed by atoms with Gasteiger partial charge in [0.1, 0.15) is 17.7 Å². The van der Waals surface area contributed by atoms with Crippen molar-refractivity contribution >= 4 is 0 Å². The van der Waals surface area contributed by atoms with Crippen LogP contribution in [0.5, 0.6) is 5.75 Å². The Labute approximate surface area is 222 Å². The molecule has 37 heavy (non-hydrogen) atoms. The number of ether oxygens (including phenoxy) is 2. The quantitative estimate of drug-likeness (QED) is 0.236. The molecule has 0 bridgehead atoms. The van der Waals surface area contributed by atoms with Crippen molar-refractivity contribution in [1.29, 1.82) is 5.26 Å². The molecule has 2 unspecified atom stereocenters. The second kappa shape index (κ2) is 14.9. The van der Waals surface area contributed by atoms with Crippen molar-refractivity contribution in [1.82, 2.24) is 9.80 Å². The smallest absolute Gasteiger partial charge is 0.135 e. The monoisotopic (exact) mass is 507 g/mol. The van der Waals surface area contributed by atoms with E-state index in [1.807, 2.05) is 0 Å². The summed E-state index contributed by atoms with van der Waals surface area (Å²) in [5, 5.41) is 10.2. The molecule has 0 radical (unpaired) electrons.